The Kier molecular flexibility index (Phi) is 4.01. The fourth-order valence-electron chi connectivity index (χ4n) is 3.23. The maximum atomic E-state index is 4.81. The fraction of sp³-hybridized carbons (Fsp3) is 0.733. The van der Waals surface area contributed by atoms with Gasteiger partial charge in [-0.05, 0) is 39.5 Å². The number of rotatable bonds is 2. The lowest BCUT2D eigenvalue weighted by molar-refractivity contribution is 0.113. The number of hydrogen-bond donors (Lipinski definition) is 1. The minimum atomic E-state index is 0.530. The largest absolute Gasteiger partial charge is 0.311 e. The SMILES string of the molecule is Cc1nc(CC2CN(C)CCN2C)nc2c1CCNC2. The molecule has 3 rings (SSSR count). The van der Waals surface area contributed by atoms with Gasteiger partial charge < -0.3 is 15.1 Å². The van der Waals surface area contributed by atoms with Crippen molar-refractivity contribution in [1.29, 1.82) is 0 Å². The normalized spacial score (nSPS) is 24.6. The summed E-state index contributed by atoms with van der Waals surface area (Å²) in [7, 11) is 4.41. The molecule has 0 aromatic carbocycles. The van der Waals surface area contributed by atoms with Gasteiger partial charge in [0.25, 0.3) is 0 Å². The summed E-state index contributed by atoms with van der Waals surface area (Å²) < 4.78 is 0. The quantitative estimate of drug-likeness (QED) is 0.836. The first kappa shape index (κ1) is 13.9. The molecule has 0 saturated carbocycles. The van der Waals surface area contributed by atoms with Gasteiger partial charge in [0.15, 0.2) is 0 Å². The summed E-state index contributed by atoms with van der Waals surface area (Å²) in [6.45, 7) is 7.47. The second kappa shape index (κ2) is 5.76. The predicted molar refractivity (Wildman–Crippen MR) is 79.8 cm³/mol. The van der Waals surface area contributed by atoms with Crippen LogP contribution in [0.25, 0.3) is 0 Å². The zero-order valence-corrected chi connectivity index (χ0v) is 12.8. The van der Waals surface area contributed by atoms with Gasteiger partial charge in [-0.2, -0.15) is 0 Å². The molecule has 0 radical (unpaired) electrons. The molecule has 5 nitrogen and oxygen atoms in total. The average molecular weight is 275 g/mol. The first-order chi connectivity index (χ1) is 9.63. The van der Waals surface area contributed by atoms with E-state index in [1.165, 1.54) is 17.0 Å². The summed E-state index contributed by atoms with van der Waals surface area (Å²) in [6, 6.07) is 0.530. The lowest BCUT2D eigenvalue weighted by Gasteiger charge is -2.37. The molecule has 0 aliphatic carbocycles. The molecule has 20 heavy (non-hydrogen) atoms. The van der Waals surface area contributed by atoms with Crippen molar-refractivity contribution in [2.75, 3.05) is 40.3 Å². The van der Waals surface area contributed by atoms with E-state index in [1.807, 2.05) is 0 Å². The molecule has 0 amide bonds. The number of piperazine rings is 1. The van der Waals surface area contributed by atoms with Crippen LogP contribution in [-0.2, 0) is 19.4 Å². The standard InChI is InChI=1S/C15H25N5/c1-11-13-4-5-16-9-14(13)18-15(17-11)8-12-10-19(2)6-7-20(12)3/h12,16H,4-10H2,1-3H3. The molecule has 3 heterocycles. The van der Waals surface area contributed by atoms with Crippen molar-refractivity contribution in [3.8, 4) is 0 Å². The molecule has 1 aromatic rings. The fourth-order valence-corrected chi connectivity index (χ4v) is 3.23. The third kappa shape index (κ3) is 2.85. The molecule has 1 atom stereocenters. The van der Waals surface area contributed by atoms with Gasteiger partial charge in [-0.3, -0.25) is 0 Å². The topological polar surface area (TPSA) is 44.3 Å². The highest BCUT2D eigenvalue weighted by molar-refractivity contribution is 5.27. The van der Waals surface area contributed by atoms with E-state index >= 15 is 0 Å². The van der Waals surface area contributed by atoms with Gasteiger partial charge in [0.05, 0.1) is 5.69 Å². The van der Waals surface area contributed by atoms with E-state index in [2.05, 4.69) is 36.1 Å². The summed E-state index contributed by atoms with van der Waals surface area (Å²) in [6.07, 6.45) is 2.02. The highest BCUT2D eigenvalue weighted by Crippen LogP contribution is 2.17. The van der Waals surface area contributed by atoms with E-state index < -0.39 is 0 Å². The second-order valence-corrected chi connectivity index (χ2v) is 6.18. The summed E-state index contributed by atoms with van der Waals surface area (Å²) in [5.41, 5.74) is 3.76. The Hall–Kier alpha value is -1.04. The van der Waals surface area contributed by atoms with Gasteiger partial charge >= 0.3 is 0 Å². The van der Waals surface area contributed by atoms with Crippen molar-refractivity contribution >= 4 is 0 Å². The van der Waals surface area contributed by atoms with Crippen molar-refractivity contribution in [2.24, 2.45) is 0 Å². The molecule has 1 fully saturated rings. The molecule has 1 unspecified atom stereocenters. The first-order valence-electron chi connectivity index (χ1n) is 7.58. The zero-order valence-electron chi connectivity index (χ0n) is 12.8. The lowest BCUT2D eigenvalue weighted by atomic mass is 10.0. The number of hydrogen-bond acceptors (Lipinski definition) is 5. The molecule has 110 valence electrons. The maximum Gasteiger partial charge on any atom is 0.130 e. The molecule has 2 aliphatic heterocycles. The Balaban J connectivity index is 1.78. The van der Waals surface area contributed by atoms with Gasteiger partial charge in [-0.15, -0.1) is 0 Å². The van der Waals surface area contributed by atoms with Gasteiger partial charge in [-0.1, -0.05) is 0 Å². The van der Waals surface area contributed by atoms with Crippen molar-refractivity contribution in [3.05, 3.63) is 22.8 Å². The number of nitrogens with zero attached hydrogens (tertiary/aromatic N) is 4. The van der Waals surface area contributed by atoms with Gasteiger partial charge in [-0.25, -0.2) is 9.97 Å². The van der Waals surface area contributed by atoms with Gasteiger partial charge in [0.1, 0.15) is 5.82 Å². The Labute approximate surface area is 121 Å². The monoisotopic (exact) mass is 275 g/mol. The highest BCUT2D eigenvalue weighted by Gasteiger charge is 2.24. The minimum Gasteiger partial charge on any atom is -0.311 e. The molecule has 0 bridgehead atoms. The van der Waals surface area contributed by atoms with Gasteiger partial charge in [0.2, 0.25) is 0 Å². The number of nitrogens with one attached hydrogen (secondary N) is 1. The van der Waals surface area contributed by atoms with E-state index in [1.54, 1.807) is 0 Å². The van der Waals surface area contributed by atoms with Crippen LogP contribution >= 0.6 is 0 Å². The highest BCUT2D eigenvalue weighted by atomic mass is 15.3. The van der Waals surface area contributed by atoms with Crippen LogP contribution in [0.15, 0.2) is 0 Å². The molecule has 1 N–H and O–H groups in total. The molecule has 2 aliphatic rings. The molecule has 0 spiro atoms. The predicted octanol–water partition coefficient (Wildman–Crippen LogP) is 0.219. The van der Waals surface area contributed by atoms with Crippen LogP contribution in [0, 0.1) is 6.92 Å². The number of likely N-dealkylation sites (N-methyl/N-ethyl adjacent to an activating group) is 2. The number of aryl methyl sites for hydroxylation is 1. The van der Waals surface area contributed by atoms with Crippen LogP contribution in [0.1, 0.15) is 22.8 Å². The molecule has 5 heteroatoms. The molecule has 1 aromatic heterocycles. The van der Waals surface area contributed by atoms with Gasteiger partial charge in [0, 0.05) is 44.3 Å². The zero-order chi connectivity index (χ0) is 14.1. The Morgan fingerprint density at radius 2 is 2.10 bits per heavy atom. The van der Waals surface area contributed by atoms with Crippen LogP contribution in [0.2, 0.25) is 0 Å². The maximum absolute atomic E-state index is 4.81. The van der Waals surface area contributed by atoms with Crippen molar-refractivity contribution in [1.82, 2.24) is 25.1 Å². The van der Waals surface area contributed by atoms with Crippen molar-refractivity contribution in [2.45, 2.75) is 32.4 Å². The van der Waals surface area contributed by atoms with Crippen LogP contribution in [0.5, 0.6) is 0 Å². The second-order valence-electron chi connectivity index (χ2n) is 6.18. The smallest absolute Gasteiger partial charge is 0.130 e. The summed E-state index contributed by atoms with van der Waals surface area (Å²) in [4.78, 5) is 14.4. The molecule has 1 saturated heterocycles. The summed E-state index contributed by atoms with van der Waals surface area (Å²) >= 11 is 0. The first-order valence-corrected chi connectivity index (χ1v) is 7.58. The Morgan fingerprint density at radius 3 is 2.95 bits per heavy atom. The van der Waals surface area contributed by atoms with E-state index in [4.69, 9.17) is 9.97 Å². The number of aromatic nitrogens is 2. The Bertz CT molecular complexity index is 487. The van der Waals surface area contributed by atoms with E-state index in [9.17, 15) is 0 Å². The van der Waals surface area contributed by atoms with E-state index in [0.29, 0.717) is 6.04 Å². The third-order valence-corrected chi connectivity index (χ3v) is 4.59. The lowest BCUT2D eigenvalue weighted by Crippen LogP contribution is -2.51. The minimum absolute atomic E-state index is 0.530. The number of fused-ring (bicyclic) bond motifs is 1. The third-order valence-electron chi connectivity index (χ3n) is 4.59. The summed E-state index contributed by atoms with van der Waals surface area (Å²) in [5, 5.41) is 3.41. The Morgan fingerprint density at radius 1 is 1.25 bits per heavy atom. The van der Waals surface area contributed by atoms with Crippen LogP contribution < -0.4 is 5.32 Å². The van der Waals surface area contributed by atoms with E-state index in [0.717, 1.165) is 51.4 Å². The summed E-state index contributed by atoms with van der Waals surface area (Å²) in [5.74, 6) is 1.01. The van der Waals surface area contributed by atoms with E-state index in [-0.39, 0.29) is 0 Å². The molecular formula is C15H25N5. The van der Waals surface area contributed by atoms with Crippen LogP contribution in [-0.4, -0.2) is 66.1 Å². The van der Waals surface area contributed by atoms with Crippen LogP contribution in [0.3, 0.4) is 0 Å². The average Bonchev–Trinajstić information content (AvgIpc) is 2.43. The molecular weight excluding hydrogens is 250 g/mol. The van der Waals surface area contributed by atoms with Crippen molar-refractivity contribution in [3.63, 3.8) is 0 Å². The van der Waals surface area contributed by atoms with Crippen molar-refractivity contribution < 1.29 is 0 Å². The van der Waals surface area contributed by atoms with Crippen LogP contribution in [0.4, 0.5) is 0 Å².